The van der Waals surface area contributed by atoms with Crippen molar-refractivity contribution >= 4 is 32.3 Å². The molecule has 0 unspecified atom stereocenters. The minimum absolute atomic E-state index is 0.0245. The first-order valence-electron chi connectivity index (χ1n) is 11.8. The van der Waals surface area contributed by atoms with Crippen molar-refractivity contribution in [2.45, 2.75) is 11.8 Å². The molecule has 0 aliphatic heterocycles. The highest BCUT2D eigenvalue weighted by atomic mass is 32.2. The highest BCUT2D eigenvalue weighted by Crippen LogP contribution is 2.44. The van der Waals surface area contributed by atoms with Crippen molar-refractivity contribution in [3.8, 4) is 22.6 Å². The number of nitrogens with one attached hydrogen (secondary N) is 1. The zero-order valence-electron chi connectivity index (χ0n) is 21.2. The van der Waals surface area contributed by atoms with E-state index in [2.05, 4.69) is 5.32 Å². The molecule has 0 radical (unpaired) electrons. The summed E-state index contributed by atoms with van der Waals surface area (Å²) in [5, 5.41) is 3.24. The normalized spacial score (nSPS) is 11.6. The Bertz CT molecular complexity index is 1910. The van der Waals surface area contributed by atoms with Crippen molar-refractivity contribution in [2.75, 3.05) is 18.1 Å². The summed E-state index contributed by atoms with van der Waals surface area (Å²) in [6.07, 6.45) is 2.84. The number of pyridine rings is 1. The zero-order valence-corrected chi connectivity index (χ0v) is 22.0. The second kappa shape index (κ2) is 9.59. The maximum atomic E-state index is 14.5. The second-order valence-corrected chi connectivity index (χ2v) is 10.8. The van der Waals surface area contributed by atoms with E-state index < -0.39 is 27.2 Å². The Balaban J connectivity index is 1.77. The number of nitrogens with two attached hydrogens (primary N) is 1. The summed E-state index contributed by atoms with van der Waals surface area (Å²) in [7, 11) is -0.973. The lowest BCUT2D eigenvalue weighted by molar-refractivity contribution is 0.441. The third-order valence-corrected chi connectivity index (χ3v) is 8.12. The fraction of sp³-hybridized carbons (Fsp3) is 0.107. The van der Waals surface area contributed by atoms with Gasteiger partial charge in [0.2, 0.25) is 0 Å². The number of anilines is 2. The quantitative estimate of drug-likeness (QED) is 0.280. The number of rotatable bonds is 6. The van der Waals surface area contributed by atoms with E-state index in [1.165, 1.54) is 42.2 Å². The number of aromatic nitrogens is 2. The molecule has 8 nitrogen and oxygen atoms in total. The van der Waals surface area contributed by atoms with Crippen LogP contribution in [0.2, 0.25) is 0 Å². The SMILES string of the molecule is CNc1ccc(-c2cn(C)c(=O)c3c2ccn3S(=O)(=O)c2ccc(C)cc2)c(Oc2ccc(F)cc2F)c1N. The molecule has 0 aliphatic carbocycles. The average Bonchev–Trinajstić information content (AvgIpc) is 3.36. The van der Waals surface area contributed by atoms with Gasteiger partial charge in [0.05, 0.1) is 16.3 Å². The standard InChI is InChI=1S/C28H24F2N4O4S/c1-16-4-7-18(8-5-16)39(36,37)34-13-12-19-21(15-33(3)28(35)26(19)34)20-9-10-23(32-2)25(31)27(20)38-24-11-6-17(29)14-22(24)30/h4-15,32H,31H2,1-3H3. The summed E-state index contributed by atoms with van der Waals surface area (Å²) < 4.78 is 63.2. The maximum Gasteiger partial charge on any atom is 0.275 e. The number of halogens is 2. The van der Waals surface area contributed by atoms with E-state index in [1.807, 2.05) is 6.92 Å². The first-order chi connectivity index (χ1) is 18.5. The molecule has 0 saturated heterocycles. The minimum atomic E-state index is -4.11. The molecule has 0 saturated carbocycles. The molecule has 0 amide bonds. The zero-order chi connectivity index (χ0) is 28.1. The second-order valence-electron chi connectivity index (χ2n) is 8.98. The van der Waals surface area contributed by atoms with Gasteiger partial charge in [0.25, 0.3) is 15.6 Å². The lowest BCUT2D eigenvalue weighted by Gasteiger charge is -2.18. The summed E-state index contributed by atoms with van der Waals surface area (Å²) in [5.41, 5.74) is 8.04. The highest BCUT2D eigenvalue weighted by molar-refractivity contribution is 7.90. The number of hydrogen-bond donors (Lipinski definition) is 2. The first kappa shape index (κ1) is 26.0. The van der Waals surface area contributed by atoms with Gasteiger partial charge in [-0.3, -0.25) is 4.79 Å². The van der Waals surface area contributed by atoms with Gasteiger partial charge >= 0.3 is 0 Å². The molecule has 0 atom stereocenters. The summed E-state index contributed by atoms with van der Waals surface area (Å²) in [6.45, 7) is 1.84. The highest BCUT2D eigenvalue weighted by Gasteiger charge is 2.25. The predicted octanol–water partition coefficient (Wildman–Crippen LogP) is 5.25. The maximum absolute atomic E-state index is 14.5. The van der Waals surface area contributed by atoms with E-state index in [0.29, 0.717) is 28.3 Å². The van der Waals surface area contributed by atoms with Gasteiger partial charge in [0.1, 0.15) is 11.3 Å². The van der Waals surface area contributed by atoms with E-state index in [9.17, 15) is 22.0 Å². The van der Waals surface area contributed by atoms with Crippen LogP contribution in [0.15, 0.2) is 82.7 Å². The third-order valence-electron chi connectivity index (χ3n) is 6.43. The Kier molecular flexibility index (Phi) is 6.39. The average molecular weight is 551 g/mol. The summed E-state index contributed by atoms with van der Waals surface area (Å²) in [5.74, 6) is -1.93. The molecular weight excluding hydrogens is 526 g/mol. The van der Waals surface area contributed by atoms with Gasteiger partial charge in [-0.05, 0) is 49.4 Å². The molecule has 0 bridgehead atoms. The summed E-state index contributed by atoms with van der Waals surface area (Å²) in [4.78, 5) is 13.3. The Hall–Kier alpha value is -4.64. The molecular formula is C28H24F2N4O4S. The van der Waals surface area contributed by atoms with Crippen LogP contribution in [0.5, 0.6) is 11.5 Å². The fourth-order valence-corrected chi connectivity index (χ4v) is 5.72. The molecule has 0 spiro atoms. The molecule has 11 heteroatoms. The number of nitrogen functional groups attached to an aromatic ring is 1. The molecule has 0 fully saturated rings. The Morgan fingerprint density at radius 1 is 0.974 bits per heavy atom. The molecule has 3 aromatic carbocycles. The van der Waals surface area contributed by atoms with Gasteiger partial charge in [0.15, 0.2) is 17.3 Å². The molecule has 200 valence electrons. The summed E-state index contributed by atoms with van der Waals surface area (Å²) >= 11 is 0. The number of aryl methyl sites for hydroxylation is 2. The number of hydrogen-bond acceptors (Lipinski definition) is 6. The first-order valence-corrected chi connectivity index (χ1v) is 13.2. The van der Waals surface area contributed by atoms with Crippen LogP contribution in [0.3, 0.4) is 0 Å². The molecule has 5 rings (SSSR count). The van der Waals surface area contributed by atoms with Crippen LogP contribution in [-0.2, 0) is 17.1 Å². The van der Waals surface area contributed by atoms with Gasteiger partial charge in [-0.15, -0.1) is 0 Å². The van der Waals surface area contributed by atoms with Crippen molar-refractivity contribution in [1.82, 2.24) is 8.54 Å². The number of benzene rings is 3. The summed E-state index contributed by atoms with van der Waals surface area (Å²) in [6, 6.07) is 14.0. The smallest absolute Gasteiger partial charge is 0.275 e. The molecule has 3 N–H and O–H groups in total. The lowest BCUT2D eigenvalue weighted by atomic mass is 10.0. The molecule has 2 aromatic heterocycles. The molecule has 0 aliphatic rings. The van der Waals surface area contributed by atoms with Crippen LogP contribution in [0.1, 0.15) is 5.56 Å². The minimum Gasteiger partial charge on any atom is -0.451 e. The van der Waals surface area contributed by atoms with Crippen LogP contribution in [0.4, 0.5) is 20.2 Å². The van der Waals surface area contributed by atoms with Crippen LogP contribution >= 0.6 is 0 Å². The predicted molar refractivity (Wildman–Crippen MR) is 147 cm³/mol. The topological polar surface area (TPSA) is 108 Å². The van der Waals surface area contributed by atoms with Gasteiger partial charge < -0.3 is 20.4 Å². The van der Waals surface area contributed by atoms with E-state index in [0.717, 1.165) is 21.7 Å². The van der Waals surface area contributed by atoms with Gasteiger partial charge in [-0.25, -0.2) is 21.2 Å². The van der Waals surface area contributed by atoms with Gasteiger partial charge in [0, 0.05) is 49.1 Å². The van der Waals surface area contributed by atoms with Crippen LogP contribution < -0.4 is 21.3 Å². The molecule has 2 heterocycles. The molecule has 5 aromatic rings. The number of ether oxygens (including phenoxy) is 1. The van der Waals surface area contributed by atoms with Gasteiger partial charge in [-0.1, -0.05) is 17.7 Å². The van der Waals surface area contributed by atoms with Crippen molar-refractivity contribution in [3.63, 3.8) is 0 Å². The van der Waals surface area contributed by atoms with Crippen LogP contribution in [-0.4, -0.2) is 24.0 Å². The van der Waals surface area contributed by atoms with Crippen molar-refractivity contribution < 1.29 is 21.9 Å². The van der Waals surface area contributed by atoms with E-state index in [4.69, 9.17) is 10.5 Å². The monoisotopic (exact) mass is 550 g/mol. The van der Waals surface area contributed by atoms with Crippen molar-refractivity contribution in [1.29, 1.82) is 0 Å². The van der Waals surface area contributed by atoms with E-state index in [-0.39, 0.29) is 27.6 Å². The van der Waals surface area contributed by atoms with E-state index in [1.54, 1.807) is 31.3 Å². The number of nitrogens with zero attached hydrogens (tertiary/aromatic N) is 2. The Morgan fingerprint density at radius 2 is 1.69 bits per heavy atom. The molecule has 39 heavy (non-hydrogen) atoms. The van der Waals surface area contributed by atoms with E-state index >= 15 is 0 Å². The van der Waals surface area contributed by atoms with Gasteiger partial charge in [-0.2, -0.15) is 0 Å². The number of fused-ring (bicyclic) bond motifs is 1. The Morgan fingerprint density at radius 3 is 2.36 bits per heavy atom. The third kappa shape index (κ3) is 4.40. The van der Waals surface area contributed by atoms with Crippen LogP contribution in [0.25, 0.3) is 22.0 Å². The largest absolute Gasteiger partial charge is 0.451 e. The van der Waals surface area contributed by atoms with Crippen molar-refractivity contribution in [3.05, 3.63) is 101 Å². The van der Waals surface area contributed by atoms with Crippen LogP contribution in [0, 0.1) is 18.6 Å². The Labute approximate surface area is 222 Å². The lowest BCUT2D eigenvalue weighted by Crippen LogP contribution is -2.22. The fourth-order valence-electron chi connectivity index (χ4n) is 4.38. The van der Waals surface area contributed by atoms with Crippen molar-refractivity contribution in [2.24, 2.45) is 7.05 Å².